The van der Waals surface area contributed by atoms with E-state index < -0.39 is 5.91 Å². The molecule has 0 heterocycles. The molecule has 0 saturated heterocycles. The number of benzene rings is 2. The minimum Gasteiger partial charge on any atom is -0.378 e. The highest BCUT2D eigenvalue weighted by Gasteiger charge is 2.11. The highest BCUT2D eigenvalue weighted by atomic mass is 35.5. The van der Waals surface area contributed by atoms with E-state index in [1.54, 1.807) is 6.07 Å². The zero-order valence-corrected chi connectivity index (χ0v) is 12.2. The van der Waals surface area contributed by atoms with E-state index in [2.05, 4.69) is 12.2 Å². The maximum atomic E-state index is 11.3. The van der Waals surface area contributed by atoms with E-state index in [0.29, 0.717) is 10.6 Å². The molecule has 1 atom stereocenters. The van der Waals surface area contributed by atoms with Crippen LogP contribution in [0, 0.1) is 6.92 Å². The molecule has 0 aliphatic heterocycles. The van der Waals surface area contributed by atoms with Crippen molar-refractivity contribution >= 4 is 23.2 Å². The van der Waals surface area contributed by atoms with Crippen LogP contribution >= 0.6 is 11.6 Å². The van der Waals surface area contributed by atoms with Gasteiger partial charge in [0.15, 0.2) is 0 Å². The van der Waals surface area contributed by atoms with Crippen molar-refractivity contribution in [3.8, 4) is 0 Å². The van der Waals surface area contributed by atoms with Crippen LogP contribution < -0.4 is 11.1 Å². The second kappa shape index (κ2) is 5.97. The lowest BCUT2D eigenvalue weighted by Gasteiger charge is -2.18. The second-order valence-corrected chi connectivity index (χ2v) is 5.20. The maximum Gasteiger partial charge on any atom is 0.249 e. The summed E-state index contributed by atoms with van der Waals surface area (Å²) in [5.74, 6) is -0.412. The third-order valence-corrected chi connectivity index (χ3v) is 3.59. The molecule has 0 bridgehead atoms. The summed E-state index contributed by atoms with van der Waals surface area (Å²) >= 11 is 5.89. The van der Waals surface area contributed by atoms with Gasteiger partial charge in [0.05, 0.1) is 0 Å². The molecule has 0 radical (unpaired) electrons. The third-order valence-electron chi connectivity index (χ3n) is 3.34. The molecule has 2 rings (SSSR count). The molecule has 4 heteroatoms. The summed E-state index contributed by atoms with van der Waals surface area (Å²) in [5, 5.41) is 4.11. The zero-order chi connectivity index (χ0) is 14.7. The zero-order valence-electron chi connectivity index (χ0n) is 11.5. The molecule has 104 valence electrons. The first-order valence-corrected chi connectivity index (χ1v) is 6.78. The largest absolute Gasteiger partial charge is 0.378 e. The van der Waals surface area contributed by atoms with Crippen LogP contribution in [0.3, 0.4) is 0 Å². The van der Waals surface area contributed by atoms with Gasteiger partial charge in [-0.3, -0.25) is 4.79 Å². The van der Waals surface area contributed by atoms with Gasteiger partial charge in [-0.05, 0) is 49.2 Å². The smallest absolute Gasteiger partial charge is 0.249 e. The molecule has 1 unspecified atom stereocenters. The number of primary amides is 1. The summed E-state index contributed by atoms with van der Waals surface area (Å²) < 4.78 is 0. The van der Waals surface area contributed by atoms with Gasteiger partial charge in [-0.25, -0.2) is 0 Å². The van der Waals surface area contributed by atoms with Crippen LogP contribution in [0.1, 0.15) is 34.5 Å². The lowest BCUT2D eigenvalue weighted by molar-refractivity contribution is 0.1000. The number of rotatable bonds is 4. The van der Waals surface area contributed by atoms with E-state index in [-0.39, 0.29) is 6.04 Å². The summed E-state index contributed by atoms with van der Waals surface area (Å²) in [4.78, 5) is 11.3. The normalized spacial score (nSPS) is 11.9. The van der Waals surface area contributed by atoms with Gasteiger partial charge in [-0.2, -0.15) is 0 Å². The highest BCUT2D eigenvalue weighted by molar-refractivity contribution is 6.30. The van der Waals surface area contributed by atoms with Crippen LogP contribution in [-0.2, 0) is 0 Å². The monoisotopic (exact) mass is 288 g/mol. The average Bonchev–Trinajstić information content (AvgIpc) is 2.41. The predicted molar refractivity (Wildman–Crippen MR) is 83.2 cm³/mol. The molecule has 3 N–H and O–H groups in total. The van der Waals surface area contributed by atoms with Gasteiger partial charge in [-0.1, -0.05) is 29.8 Å². The van der Waals surface area contributed by atoms with Crippen molar-refractivity contribution in [3.63, 3.8) is 0 Å². The Morgan fingerprint density at radius 1 is 1.20 bits per heavy atom. The number of carbonyl (C=O) groups excluding carboxylic acids is 1. The average molecular weight is 289 g/mol. The molecule has 20 heavy (non-hydrogen) atoms. The summed E-state index contributed by atoms with van der Waals surface area (Å²) in [6.45, 7) is 3.94. The van der Waals surface area contributed by atoms with Gasteiger partial charge in [0.2, 0.25) is 5.91 Å². The van der Waals surface area contributed by atoms with Crippen molar-refractivity contribution in [3.05, 3.63) is 64.2 Å². The fourth-order valence-electron chi connectivity index (χ4n) is 2.13. The molecule has 2 aromatic rings. The van der Waals surface area contributed by atoms with Gasteiger partial charge in [0.25, 0.3) is 0 Å². The minimum absolute atomic E-state index is 0.106. The van der Waals surface area contributed by atoms with Crippen LogP contribution in [0.4, 0.5) is 5.69 Å². The standard InChI is InChI=1S/C16H17ClN2O/c1-10-14(16(18)20)4-3-5-15(10)19-11(2)12-6-8-13(17)9-7-12/h3-9,11,19H,1-2H3,(H2,18,20). The SMILES string of the molecule is Cc1c(NC(C)c2ccc(Cl)cc2)cccc1C(N)=O. The van der Waals surface area contributed by atoms with Crippen LogP contribution in [0.25, 0.3) is 0 Å². The number of nitrogens with two attached hydrogens (primary N) is 1. The van der Waals surface area contributed by atoms with Crippen molar-refractivity contribution in [1.82, 2.24) is 0 Å². The van der Waals surface area contributed by atoms with E-state index >= 15 is 0 Å². The Labute approximate surface area is 123 Å². The number of hydrogen-bond donors (Lipinski definition) is 2. The molecule has 1 amide bonds. The Morgan fingerprint density at radius 3 is 2.45 bits per heavy atom. The molecular weight excluding hydrogens is 272 g/mol. The van der Waals surface area contributed by atoms with E-state index in [9.17, 15) is 4.79 Å². The predicted octanol–water partition coefficient (Wildman–Crippen LogP) is 3.92. The fraction of sp³-hybridized carbons (Fsp3) is 0.188. The van der Waals surface area contributed by atoms with Gasteiger partial charge >= 0.3 is 0 Å². The summed E-state index contributed by atoms with van der Waals surface area (Å²) in [7, 11) is 0. The van der Waals surface area contributed by atoms with E-state index in [4.69, 9.17) is 17.3 Å². The molecule has 0 aromatic heterocycles. The van der Waals surface area contributed by atoms with Crippen LogP contribution in [0.15, 0.2) is 42.5 Å². The van der Waals surface area contributed by atoms with E-state index in [1.165, 1.54) is 0 Å². The minimum atomic E-state index is -0.412. The Bertz CT molecular complexity index is 623. The van der Waals surface area contributed by atoms with E-state index in [1.807, 2.05) is 43.3 Å². The van der Waals surface area contributed by atoms with Crippen molar-refractivity contribution in [2.24, 2.45) is 5.73 Å². The summed E-state index contributed by atoms with van der Waals surface area (Å²) in [6.07, 6.45) is 0. The van der Waals surface area contributed by atoms with Crippen molar-refractivity contribution < 1.29 is 4.79 Å². The number of amides is 1. The Kier molecular flexibility index (Phi) is 4.30. The molecule has 0 aliphatic carbocycles. The van der Waals surface area contributed by atoms with Gasteiger partial charge in [-0.15, -0.1) is 0 Å². The molecule has 0 fully saturated rings. The molecule has 0 saturated carbocycles. The van der Waals surface area contributed by atoms with Crippen molar-refractivity contribution in [1.29, 1.82) is 0 Å². The molecule has 2 aromatic carbocycles. The van der Waals surface area contributed by atoms with Crippen LogP contribution in [0.5, 0.6) is 0 Å². The Morgan fingerprint density at radius 2 is 1.85 bits per heavy atom. The first kappa shape index (κ1) is 14.4. The number of anilines is 1. The number of carbonyl (C=O) groups is 1. The number of halogens is 1. The van der Waals surface area contributed by atoms with Crippen LogP contribution in [0.2, 0.25) is 5.02 Å². The molecule has 0 spiro atoms. The number of hydrogen-bond acceptors (Lipinski definition) is 2. The molecule has 0 aliphatic rings. The van der Waals surface area contributed by atoms with Crippen molar-refractivity contribution in [2.75, 3.05) is 5.32 Å². The molecule has 3 nitrogen and oxygen atoms in total. The van der Waals surface area contributed by atoms with Gasteiger partial charge in [0.1, 0.15) is 0 Å². The summed E-state index contributed by atoms with van der Waals surface area (Å²) in [6, 6.07) is 13.3. The summed E-state index contributed by atoms with van der Waals surface area (Å²) in [5.41, 5.74) is 8.79. The Balaban J connectivity index is 2.23. The third kappa shape index (κ3) is 3.11. The first-order valence-electron chi connectivity index (χ1n) is 6.40. The second-order valence-electron chi connectivity index (χ2n) is 4.76. The maximum absolute atomic E-state index is 11.3. The fourth-order valence-corrected chi connectivity index (χ4v) is 2.25. The van der Waals surface area contributed by atoms with Gasteiger partial charge in [0, 0.05) is 22.3 Å². The van der Waals surface area contributed by atoms with Crippen LogP contribution in [-0.4, -0.2) is 5.91 Å². The lowest BCUT2D eigenvalue weighted by atomic mass is 10.0. The topological polar surface area (TPSA) is 55.1 Å². The van der Waals surface area contributed by atoms with Crippen molar-refractivity contribution in [2.45, 2.75) is 19.9 Å². The first-order chi connectivity index (χ1) is 9.49. The highest BCUT2D eigenvalue weighted by Crippen LogP contribution is 2.25. The Hall–Kier alpha value is -2.00. The number of nitrogens with one attached hydrogen (secondary N) is 1. The van der Waals surface area contributed by atoms with E-state index in [0.717, 1.165) is 16.8 Å². The van der Waals surface area contributed by atoms with Gasteiger partial charge < -0.3 is 11.1 Å². The lowest BCUT2D eigenvalue weighted by Crippen LogP contribution is -2.15. The quantitative estimate of drug-likeness (QED) is 0.896. The molecular formula is C16H17ClN2O.